The molecule has 146 valence electrons. The standard InChI is InChI=1S/C20H28N4OS2/c26-20(21-8-4-9-23-11-13-25-14-12-23)24-10-3-5-16(15-24)19-22-17-6-1-2-7-18(17)27-19/h1-2,6-7,16H,3-5,8-15H2,(H,21,26)/t16-/m1/s1. The maximum atomic E-state index is 5.68. The predicted molar refractivity (Wildman–Crippen MR) is 116 cm³/mol. The zero-order valence-corrected chi connectivity index (χ0v) is 17.4. The molecule has 4 rings (SSSR count). The summed E-state index contributed by atoms with van der Waals surface area (Å²) in [7, 11) is 0. The average molecular weight is 405 g/mol. The lowest BCUT2D eigenvalue weighted by molar-refractivity contribution is 0.0375. The van der Waals surface area contributed by atoms with Gasteiger partial charge in [-0.05, 0) is 50.2 Å². The Morgan fingerprint density at radius 3 is 2.96 bits per heavy atom. The van der Waals surface area contributed by atoms with Gasteiger partial charge in [0.25, 0.3) is 0 Å². The topological polar surface area (TPSA) is 40.6 Å². The highest BCUT2D eigenvalue weighted by Crippen LogP contribution is 2.32. The molecule has 0 aliphatic carbocycles. The van der Waals surface area contributed by atoms with Crippen LogP contribution in [0.2, 0.25) is 0 Å². The molecule has 7 heteroatoms. The van der Waals surface area contributed by atoms with Crippen LogP contribution >= 0.6 is 23.6 Å². The molecule has 5 nitrogen and oxygen atoms in total. The third kappa shape index (κ3) is 4.96. The summed E-state index contributed by atoms with van der Waals surface area (Å²) in [4.78, 5) is 9.68. The van der Waals surface area contributed by atoms with Gasteiger partial charge in [0.1, 0.15) is 0 Å². The van der Waals surface area contributed by atoms with Crippen LogP contribution in [0.3, 0.4) is 0 Å². The average Bonchev–Trinajstić information content (AvgIpc) is 3.16. The molecule has 2 saturated heterocycles. The minimum Gasteiger partial charge on any atom is -0.379 e. The van der Waals surface area contributed by atoms with Gasteiger partial charge in [0.15, 0.2) is 5.11 Å². The predicted octanol–water partition coefficient (Wildman–Crippen LogP) is 3.07. The molecule has 1 aromatic heterocycles. The summed E-state index contributed by atoms with van der Waals surface area (Å²) in [6, 6.07) is 8.43. The number of thiazole rings is 1. The van der Waals surface area contributed by atoms with Crippen molar-refractivity contribution in [1.29, 1.82) is 0 Å². The Labute approximate surface area is 170 Å². The van der Waals surface area contributed by atoms with E-state index in [0.29, 0.717) is 5.92 Å². The molecular weight excluding hydrogens is 376 g/mol. The van der Waals surface area contributed by atoms with Crippen molar-refractivity contribution in [3.05, 3.63) is 29.3 Å². The Hall–Kier alpha value is -1.28. The number of benzene rings is 1. The van der Waals surface area contributed by atoms with Crippen molar-refractivity contribution in [2.24, 2.45) is 0 Å². The van der Waals surface area contributed by atoms with Gasteiger partial charge < -0.3 is 15.0 Å². The Balaban J connectivity index is 1.25. The highest BCUT2D eigenvalue weighted by molar-refractivity contribution is 7.80. The van der Waals surface area contributed by atoms with Gasteiger partial charge in [-0.25, -0.2) is 4.98 Å². The lowest BCUT2D eigenvalue weighted by atomic mass is 9.99. The van der Waals surface area contributed by atoms with E-state index in [1.807, 2.05) is 11.3 Å². The minimum atomic E-state index is 0.490. The first-order valence-corrected chi connectivity index (χ1v) is 11.2. The highest BCUT2D eigenvalue weighted by atomic mass is 32.1. The molecule has 3 heterocycles. The molecule has 0 radical (unpaired) electrons. The van der Waals surface area contributed by atoms with E-state index in [1.54, 1.807) is 0 Å². The summed E-state index contributed by atoms with van der Waals surface area (Å²) in [5.74, 6) is 0.490. The van der Waals surface area contributed by atoms with Crippen LogP contribution in [0.4, 0.5) is 0 Å². The van der Waals surface area contributed by atoms with Gasteiger partial charge in [0, 0.05) is 38.6 Å². The maximum absolute atomic E-state index is 5.68. The molecular formula is C20H28N4OS2. The summed E-state index contributed by atoms with van der Waals surface area (Å²) >= 11 is 7.51. The Morgan fingerprint density at radius 1 is 1.26 bits per heavy atom. The van der Waals surface area contributed by atoms with E-state index < -0.39 is 0 Å². The second-order valence-electron chi connectivity index (χ2n) is 7.34. The molecule has 0 saturated carbocycles. The van der Waals surface area contributed by atoms with Gasteiger partial charge in [-0.1, -0.05) is 12.1 Å². The number of aromatic nitrogens is 1. The quantitative estimate of drug-likeness (QED) is 0.610. The molecule has 0 bridgehead atoms. The molecule has 2 aliphatic heterocycles. The fraction of sp³-hybridized carbons (Fsp3) is 0.600. The van der Waals surface area contributed by atoms with Crippen LogP contribution in [0.25, 0.3) is 10.2 Å². The first-order valence-electron chi connectivity index (χ1n) is 9.98. The zero-order valence-electron chi connectivity index (χ0n) is 15.7. The maximum Gasteiger partial charge on any atom is 0.168 e. The van der Waals surface area contributed by atoms with Gasteiger partial charge in [-0.2, -0.15) is 0 Å². The van der Waals surface area contributed by atoms with Crippen LogP contribution in [-0.2, 0) is 4.74 Å². The molecule has 0 spiro atoms. The molecule has 1 N–H and O–H groups in total. The number of nitrogens with one attached hydrogen (secondary N) is 1. The van der Waals surface area contributed by atoms with Crippen molar-refractivity contribution in [3.63, 3.8) is 0 Å². The van der Waals surface area contributed by atoms with E-state index in [0.717, 1.165) is 69.5 Å². The Kier molecular flexibility index (Phi) is 6.55. The van der Waals surface area contributed by atoms with E-state index >= 15 is 0 Å². The number of nitrogens with zero attached hydrogens (tertiary/aromatic N) is 3. The number of thiocarbonyl (C=S) groups is 1. The number of morpholine rings is 1. The van der Waals surface area contributed by atoms with Gasteiger partial charge in [0.2, 0.25) is 0 Å². The third-order valence-corrected chi connectivity index (χ3v) is 7.00. The van der Waals surface area contributed by atoms with E-state index in [-0.39, 0.29) is 0 Å². The zero-order chi connectivity index (χ0) is 18.5. The van der Waals surface area contributed by atoms with Crippen LogP contribution in [0, 0.1) is 0 Å². The first-order chi connectivity index (χ1) is 13.3. The van der Waals surface area contributed by atoms with Gasteiger partial charge in [-0.3, -0.25) is 4.90 Å². The Morgan fingerprint density at radius 2 is 2.11 bits per heavy atom. The van der Waals surface area contributed by atoms with Gasteiger partial charge in [0.05, 0.1) is 28.4 Å². The van der Waals surface area contributed by atoms with E-state index in [4.69, 9.17) is 21.9 Å². The van der Waals surface area contributed by atoms with Gasteiger partial charge >= 0.3 is 0 Å². The van der Waals surface area contributed by atoms with Crippen molar-refractivity contribution in [1.82, 2.24) is 20.1 Å². The smallest absolute Gasteiger partial charge is 0.168 e. The van der Waals surface area contributed by atoms with Crippen molar-refractivity contribution in [2.45, 2.75) is 25.2 Å². The summed E-state index contributed by atoms with van der Waals surface area (Å²) in [5.41, 5.74) is 1.12. The molecule has 1 atom stereocenters. The fourth-order valence-corrected chi connectivity index (χ4v) is 5.22. The lowest BCUT2D eigenvalue weighted by Gasteiger charge is -2.34. The second kappa shape index (κ2) is 9.28. The first kappa shape index (κ1) is 19.1. The second-order valence-corrected chi connectivity index (χ2v) is 8.79. The van der Waals surface area contributed by atoms with Crippen LogP contribution in [0.5, 0.6) is 0 Å². The Bertz CT molecular complexity index is 726. The van der Waals surface area contributed by atoms with E-state index in [9.17, 15) is 0 Å². The third-order valence-electron chi connectivity index (χ3n) is 5.40. The van der Waals surface area contributed by atoms with Crippen molar-refractivity contribution in [3.8, 4) is 0 Å². The largest absolute Gasteiger partial charge is 0.379 e. The summed E-state index contributed by atoms with van der Waals surface area (Å²) < 4.78 is 6.69. The number of rotatable bonds is 5. The molecule has 2 aromatic rings. The summed E-state index contributed by atoms with van der Waals surface area (Å²) in [6.07, 6.45) is 3.50. The van der Waals surface area contributed by atoms with Gasteiger partial charge in [-0.15, -0.1) is 11.3 Å². The number of ether oxygens (including phenoxy) is 1. The van der Waals surface area contributed by atoms with Crippen molar-refractivity contribution in [2.75, 3.05) is 52.5 Å². The minimum absolute atomic E-state index is 0.490. The van der Waals surface area contributed by atoms with Crippen LogP contribution < -0.4 is 5.32 Å². The molecule has 0 amide bonds. The molecule has 1 aromatic carbocycles. The molecule has 2 fully saturated rings. The number of hydrogen-bond donors (Lipinski definition) is 1. The molecule has 0 unspecified atom stereocenters. The summed E-state index contributed by atoms with van der Waals surface area (Å²) in [6.45, 7) is 7.94. The van der Waals surface area contributed by atoms with Crippen molar-refractivity contribution < 1.29 is 4.74 Å². The molecule has 2 aliphatic rings. The van der Waals surface area contributed by atoms with Crippen LogP contribution in [0.1, 0.15) is 30.2 Å². The lowest BCUT2D eigenvalue weighted by Crippen LogP contribution is -2.45. The van der Waals surface area contributed by atoms with E-state index in [1.165, 1.54) is 22.5 Å². The van der Waals surface area contributed by atoms with Crippen molar-refractivity contribution >= 4 is 38.9 Å². The highest BCUT2D eigenvalue weighted by Gasteiger charge is 2.25. The number of fused-ring (bicyclic) bond motifs is 1. The monoisotopic (exact) mass is 404 g/mol. The van der Waals surface area contributed by atoms with Crippen LogP contribution in [0.15, 0.2) is 24.3 Å². The van der Waals surface area contributed by atoms with Crippen LogP contribution in [-0.4, -0.2) is 72.4 Å². The number of para-hydroxylation sites is 1. The van der Waals surface area contributed by atoms with E-state index in [2.05, 4.69) is 39.4 Å². The number of hydrogen-bond acceptors (Lipinski definition) is 5. The molecule has 27 heavy (non-hydrogen) atoms. The fourth-order valence-electron chi connectivity index (χ4n) is 3.86. The summed E-state index contributed by atoms with van der Waals surface area (Å²) in [5, 5.41) is 5.64. The SMILES string of the molecule is S=C(NCCCN1CCOCC1)N1CCC[C@@H](c2nc3ccccc3s2)C1. The normalized spacial score (nSPS) is 21.5. The number of piperidine rings is 1. The number of likely N-dealkylation sites (tertiary alicyclic amines) is 1.